The Kier molecular flexibility index (Phi) is 11.6. The Bertz CT molecular complexity index is 2450. The number of rotatable bonds is 16. The van der Waals surface area contributed by atoms with Crippen LogP contribution in [0.15, 0.2) is 158 Å². The molecule has 7 aromatic rings. The van der Waals surface area contributed by atoms with Crippen molar-refractivity contribution in [2.75, 3.05) is 34.0 Å². The predicted molar refractivity (Wildman–Crippen MR) is 209 cm³/mol. The fraction of sp³-hybridized carbons (Fsp3) is 0.200. The summed E-state index contributed by atoms with van der Waals surface area (Å²) in [6.07, 6.45) is -3.88. The fourth-order valence-corrected chi connectivity index (χ4v) is 6.69. The van der Waals surface area contributed by atoms with Crippen LogP contribution in [-0.4, -0.2) is 56.5 Å². The second-order valence-corrected chi connectivity index (χ2v) is 13.0. The van der Waals surface area contributed by atoms with Crippen LogP contribution in [0.1, 0.15) is 28.4 Å². The highest BCUT2D eigenvalue weighted by atomic mass is 16.6. The number of aliphatic hydroxyl groups excluding tert-OH is 2. The normalized spacial score (nSPS) is 13.3. The van der Waals surface area contributed by atoms with E-state index in [9.17, 15) is 19.8 Å². The van der Waals surface area contributed by atoms with Crippen molar-refractivity contribution >= 4 is 21.9 Å². The molecule has 2 aromatic heterocycles. The van der Waals surface area contributed by atoms with Gasteiger partial charge in [-0.1, -0.05) is 72.8 Å². The van der Waals surface area contributed by atoms with Gasteiger partial charge in [-0.2, -0.15) is 0 Å². The van der Waals surface area contributed by atoms with Crippen LogP contribution in [0.3, 0.4) is 0 Å². The smallest absolute Gasteiger partial charge is 0.342 e. The molecule has 3 unspecified atom stereocenters. The van der Waals surface area contributed by atoms with Crippen molar-refractivity contribution in [3.63, 3.8) is 0 Å². The van der Waals surface area contributed by atoms with Gasteiger partial charge in [0.2, 0.25) is 0 Å². The van der Waals surface area contributed by atoms with Crippen LogP contribution in [0, 0.1) is 0 Å². The minimum atomic E-state index is -1.53. The van der Waals surface area contributed by atoms with E-state index < -0.39 is 41.8 Å². The molecule has 11 nitrogen and oxygen atoms in total. The van der Waals surface area contributed by atoms with Crippen LogP contribution >= 0.6 is 0 Å². The lowest BCUT2D eigenvalue weighted by Crippen LogP contribution is -2.40. The summed E-state index contributed by atoms with van der Waals surface area (Å²) >= 11 is 0. The number of hydrogen-bond acceptors (Lipinski definition) is 11. The van der Waals surface area contributed by atoms with Crippen LogP contribution in [0.4, 0.5) is 0 Å². The van der Waals surface area contributed by atoms with Crippen molar-refractivity contribution in [2.24, 2.45) is 0 Å². The highest BCUT2D eigenvalue weighted by Crippen LogP contribution is 2.42. The first-order chi connectivity index (χ1) is 27.3. The van der Waals surface area contributed by atoms with Gasteiger partial charge in [0.1, 0.15) is 58.9 Å². The van der Waals surface area contributed by atoms with Crippen LogP contribution in [0.25, 0.3) is 21.9 Å². The van der Waals surface area contributed by atoms with Gasteiger partial charge in [0.05, 0.1) is 33.0 Å². The lowest BCUT2D eigenvalue weighted by Gasteiger charge is -2.38. The first-order valence-electron chi connectivity index (χ1n) is 17.9. The van der Waals surface area contributed by atoms with Crippen LogP contribution in [0.5, 0.6) is 17.2 Å². The van der Waals surface area contributed by atoms with Gasteiger partial charge in [-0.25, -0.2) is 9.59 Å². The largest absolute Gasteiger partial charge is 0.497 e. The van der Waals surface area contributed by atoms with E-state index in [2.05, 4.69) is 0 Å². The molecule has 0 radical (unpaired) electrons. The van der Waals surface area contributed by atoms with Crippen molar-refractivity contribution in [3.05, 3.63) is 183 Å². The third kappa shape index (κ3) is 8.07. The van der Waals surface area contributed by atoms with Gasteiger partial charge in [0, 0.05) is 22.9 Å². The molecule has 0 aliphatic rings. The predicted octanol–water partition coefficient (Wildman–Crippen LogP) is 6.78. The van der Waals surface area contributed by atoms with Gasteiger partial charge in [-0.15, -0.1) is 0 Å². The first kappa shape index (κ1) is 38.1. The number of methoxy groups -OCH3 is 2. The summed E-state index contributed by atoms with van der Waals surface area (Å²) in [5.41, 5.74) is 0.520. The Morgan fingerprint density at radius 3 is 1.89 bits per heavy atom. The molecule has 0 saturated heterocycles. The second kappa shape index (κ2) is 17.1. The van der Waals surface area contributed by atoms with Gasteiger partial charge < -0.3 is 42.7 Å². The Morgan fingerprint density at radius 1 is 0.625 bits per heavy atom. The van der Waals surface area contributed by atoms with E-state index in [1.165, 1.54) is 6.07 Å². The van der Waals surface area contributed by atoms with Gasteiger partial charge in [-0.3, -0.25) is 0 Å². The first-order valence-corrected chi connectivity index (χ1v) is 17.9. The van der Waals surface area contributed by atoms with Crippen molar-refractivity contribution < 1.29 is 42.7 Å². The summed E-state index contributed by atoms with van der Waals surface area (Å²) in [5.74, 6) is 1.67. The second-order valence-electron chi connectivity index (χ2n) is 13.0. The van der Waals surface area contributed by atoms with E-state index in [-0.39, 0.29) is 18.8 Å². The van der Waals surface area contributed by atoms with E-state index in [1.807, 2.05) is 78.9 Å². The molecule has 286 valence electrons. The van der Waals surface area contributed by atoms with Gasteiger partial charge >= 0.3 is 11.3 Å². The monoisotopic (exact) mass is 756 g/mol. The molecule has 0 amide bonds. The zero-order valence-electron chi connectivity index (χ0n) is 30.7. The molecule has 5 aromatic carbocycles. The molecule has 0 bridgehead atoms. The topological polar surface area (TPSA) is 147 Å². The molecule has 56 heavy (non-hydrogen) atoms. The highest BCUT2D eigenvalue weighted by Gasteiger charge is 2.39. The van der Waals surface area contributed by atoms with E-state index >= 15 is 0 Å². The average Bonchev–Trinajstić information content (AvgIpc) is 3.24. The maximum atomic E-state index is 13.4. The van der Waals surface area contributed by atoms with Crippen molar-refractivity contribution in [1.82, 2.24) is 0 Å². The SMILES string of the molecule is COc1ccc(C(OCC(COc2ccc3ccc(=O)oc3c2)OC(c2cc3ccccc3oc2=O)C(O)CO)(c2ccccc2)c2ccc(OC)cc2)cc1. The molecule has 0 fully saturated rings. The zero-order valence-corrected chi connectivity index (χ0v) is 30.7. The lowest BCUT2D eigenvalue weighted by molar-refractivity contribution is -0.138. The number of benzene rings is 5. The fourth-order valence-electron chi connectivity index (χ4n) is 6.69. The Balaban J connectivity index is 1.32. The molecule has 7 rings (SSSR count). The third-order valence-corrected chi connectivity index (χ3v) is 9.54. The molecule has 0 spiro atoms. The van der Waals surface area contributed by atoms with Crippen LogP contribution in [-0.2, 0) is 15.1 Å². The van der Waals surface area contributed by atoms with Gasteiger partial charge in [-0.05, 0) is 71.3 Å². The quantitative estimate of drug-likeness (QED) is 0.0794. The molecular formula is C45H40O11. The van der Waals surface area contributed by atoms with Gasteiger partial charge in [0.15, 0.2) is 0 Å². The maximum absolute atomic E-state index is 13.4. The molecule has 3 atom stereocenters. The highest BCUT2D eigenvalue weighted by molar-refractivity contribution is 5.78. The Morgan fingerprint density at radius 2 is 1.23 bits per heavy atom. The number of para-hydroxylation sites is 1. The molecule has 2 N–H and O–H groups in total. The maximum Gasteiger partial charge on any atom is 0.342 e. The summed E-state index contributed by atoms with van der Waals surface area (Å²) in [6.45, 7) is -1.05. The van der Waals surface area contributed by atoms with Crippen molar-refractivity contribution in [1.29, 1.82) is 0 Å². The van der Waals surface area contributed by atoms with E-state index in [1.54, 1.807) is 68.8 Å². The number of hydrogen-bond donors (Lipinski definition) is 2. The number of ether oxygens (including phenoxy) is 5. The van der Waals surface area contributed by atoms with Gasteiger partial charge in [0.25, 0.3) is 0 Å². The molecule has 2 heterocycles. The van der Waals surface area contributed by atoms with E-state index in [4.69, 9.17) is 32.5 Å². The van der Waals surface area contributed by atoms with Crippen LogP contribution in [0.2, 0.25) is 0 Å². The van der Waals surface area contributed by atoms with Crippen LogP contribution < -0.4 is 25.5 Å². The molecule has 11 heteroatoms. The molecule has 0 saturated carbocycles. The average molecular weight is 757 g/mol. The summed E-state index contributed by atoms with van der Waals surface area (Å²) in [7, 11) is 3.19. The third-order valence-electron chi connectivity index (χ3n) is 9.54. The zero-order chi connectivity index (χ0) is 39.1. The Hall–Kier alpha value is -6.24. The standard InChI is InChI=1S/C45H40O11/c1-50-34-19-14-32(15-20-34)45(31-9-4-3-5-10-31,33-16-21-35(51-2)22-17-33)53-28-37(27-52-36-18-12-29-13-23-42(48)55-41(29)25-36)54-43(39(47)26-46)38-24-30-8-6-7-11-40(30)56-44(38)49/h3-25,37,39,43,46-47H,26-28H2,1-2H3. The van der Waals surface area contributed by atoms with E-state index in [0.29, 0.717) is 39.2 Å². The van der Waals surface area contributed by atoms with E-state index in [0.717, 1.165) is 16.7 Å². The summed E-state index contributed by atoms with van der Waals surface area (Å²) in [4.78, 5) is 25.4. The van der Waals surface area contributed by atoms with Crippen molar-refractivity contribution in [2.45, 2.75) is 23.9 Å². The molecule has 0 aliphatic heterocycles. The molecule has 0 aliphatic carbocycles. The van der Waals surface area contributed by atoms with Crippen molar-refractivity contribution in [3.8, 4) is 17.2 Å². The summed E-state index contributed by atoms with van der Waals surface area (Å²) in [5, 5.41) is 22.7. The minimum Gasteiger partial charge on any atom is -0.497 e. The summed E-state index contributed by atoms with van der Waals surface area (Å²) in [6, 6.07) is 41.4. The molecular weight excluding hydrogens is 716 g/mol. The Labute approximate surface area is 321 Å². The lowest BCUT2D eigenvalue weighted by atomic mass is 9.80. The number of fused-ring (bicyclic) bond motifs is 2. The summed E-state index contributed by atoms with van der Waals surface area (Å²) < 4.78 is 42.0. The minimum absolute atomic E-state index is 0.00219. The number of aliphatic hydroxyl groups is 2.